The van der Waals surface area contributed by atoms with E-state index in [2.05, 4.69) is 64.0 Å². The fourth-order valence-electron chi connectivity index (χ4n) is 2.53. The second kappa shape index (κ2) is 14.7. The van der Waals surface area contributed by atoms with Crippen molar-refractivity contribution in [2.75, 3.05) is 13.1 Å². The molecule has 1 aliphatic heterocycles. The molecule has 0 aromatic carbocycles. The van der Waals surface area contributed by atoms with E-state index in [1.54, 1.807) is 0 Å². The molecule has 1 aromatic rings. The first-order chi connectivity index (χ1) is 12.4. The van der Waals surface area contributed by atoms with Crippen LogP contribution in [0.5, 0.6) is 0 Å². The van der Waals surface area contributed by atoms with Crippen LogP contribution in [-0.2, 0) is 4.79 Å². The summed E-state index contributed by atoms with van der Waals surface area (Å²) < 4.78 is 0. The Bertz CT molecular complexity index is 460. The van der Waals surface area contributed by atoms with Gasteiger partial charge >= 0.3 is 0 Å². The lowest BCUT2D eigenvalue weighted by Crippen LogP contribution is -2.23. The zero-order valence-electron chi connectivity index (χ0n) is 17.8. The first-order valence-corrected chi connectivity index (χ1v) is 10.3. The van der Waals surface area contributed by atoms with Gasteiger partial charge in [0.1, 0.15) is 0 Å². The number of nitrogens with two attached hydrogens (primary N) is 1. The fraction of sp³-hybridized carbons (Fsp3) is 0.727. The number of amides is 1. The van der Waals surface area contributed by atoms with Crippen LogP contribution in [0.15, 0.2) is 24.5 Å². The second-order valence-electron chi connectivity index (χ2n) is 7.41. The number of pyridine rings is 1. The molecule has 0 bridgehead atoms. The van der Waals surface area contributed by atoms with E-state index in [1.165, 1.54) is 18.4 Å². The lowest BCUT2D eigenvalue weighted by atomic mass is 9.91. The summed E-state index contributed by atoms with van der Waals surface area (Å²) in [6, 6.07) is 4.16. The maximum Gasteiger partial charge on any atom is 0.223 e. The maximum absolute atomic E-state index is 11.1. The minimum atomic E-state index is 0.259. The van der Waals surface area contributed by atoms with Gasteiger partial charge in [-0.25, -0.2) is 0 Å². The Labute approximate surface area is 161 Å². The molecule has 26 heavy (non-hydrogen) atoms. The van der Waals surface area contributed by atoms with Crippen molar-refractivity contribution in [3.8, 4) is 0 Å². The Hall–Kier alpha value is -1.42. The summed E-state index contributed by atoms with van der Waals surface area (Å²) in [6.07, 6.45) is 8.25. The predicted molar refractivity (Wildman–Crippen MR) is 112 cm³/mol. The quantitative estimate of drug-likeness (QED) is 0.766. The van der Waals surface area contributed by atoms with Gasteiger partial charge in [0.25, 0.3) is 0 Å². The van der Waals surface area contributed by atoms with Crippen molar-refractivity contribution in [1.29, 1.82) is 0 Å². The van der Waals surface area contributed by atoms with Gasteiger partial charge in [-0.2, -0.15) is 0 Å². The SMILES string of the molecule is CCC(C)C1CCNC1=O.CCC(C)CN.CCC(C)c1ccncc1. The second-order valence-corrected chi connectivity index (χ2v) is 7.41. The van der Waals surface area contributed by atoms with E-state index in [4.69, 9.17) is 5.73 Å². The molecule has 3 N–H and O–H groups in total. The van der Waals surface area contributed by atoms with Crippen molar-refractivity contribution in [2.45, 2.75) is 73.1 Å². The number of nitrogens with one attached hydrogen (secondary N) is 1. The van der Waals surface area contributed by atoms with Crippen LogP contribution in [-0.4, -0.2) is 24.0 Å². The normalized spacial score (nSPS) is 19.2. The molecule has 1 aromatic heterocycles. The molecule has 2 heterocycles. The molecular formula is C22H41N3O. The van der Waals surface area contributed by atoms with Crippen LogP contribution >= 0.6 is 0 Å². The lowest BCUT2D eigenvalue weighted by Gasteiger charge is -2.13. The first-order valence-electron chi connectivity index (χ1n) is 10.3. The average molecular weight is 364 g/mol. The molecule has 0 aliphatic carbocycles. The first kappa shape index (κ1) is 24.6. The third kappa shape index (κ3) is 9.91. The molecule has 4 nitrogen and oxygen atoms in total. The molecule has 1 aliphatic rings. The van der Waals surface area contributed by atoms with Crippen molar-refractivity contribution in [2.24, 2.45) is 23.5 Å². The number of nitrogens with zero attached hydrogens (tertiary/aromatic N) is 1. The lowest BCUT2D eigenvalue weighted by molar-refractivity contribution is -0.123. The molecule has 0 saturated carbocycles. The zero-order chi connectivity index (χ0) is 19.9. The van der Waals surface area contributed by atoms with Gasteiger partial charge in [-0.05, 0) is 54.8 Å². The summed E-state index contributed by atoms with van der Waals surface area (Å²) in [5.41, 5.74) is 6.67. The fourth-order valence-corrected chi connectivity index (χ4v) is 2.53. The van der Waals surface area contributed by atoms with Gasteiger partial charge < -0.3 is 11.1 Å². The van der Waals surface area contributed by atoms with Crippen LogP contribution in [0.1, 0.15) is 78.7 Å². The van der Waals surface area contributed by atoms with Crippen molar-refractivity contribution < 1.29 is 4.79 Å². The van der Waals surface area contributed by atoms with Gasteiger partial charge in [0.05, 0.1) is 0 Å². The van der Waals surface area contributed by atoms with E-state index in [-0.39, 0.29) is 5.91 Å². The molecule has 4 unspecified atom stereocenters. The Morgan fingerprint density at radius 3 is 2.08 bits per heavy atom. The zero-order valence-corrected chi connectivity index (χ0v) is 17.8. The van der Waals surface area contributed by atoms with Gasteiger partial charge in [-0.1, -0.05) is 54.4 Å². The Balaban J connectivity index is 0.000000375. The number of hydrogen-bond donors (Lipinski definition) is 2. The highest BCUT2D eigenvalue weighted by molar-refractivity contribution is 5.80. The molecule has 0 radical (unpaired) electrons. The molecule has 1 saturated heterocycles. The standard InChI is InChI=1S/C9H13N.C8H15NO.C5H13N/c1-3-8(2)9-4-6-10-7-5-9;1-3-6(2)7-4-5-9-8(7)10;1-3-5(2)4-6/h4-8H,3H2,1-2H3;6-7H,3-5H2,1-2H3,(H,9,10);5H,3-4,6H2,1-2H3. The van der Waals surface area contributed by atoms with Crippen molar-refractivity contribution in [3.05, 3.63) is 30.1 Å². The summed E-state index contributed by atoms with van der Waals surface area (Å²) in [7, 11) is 0. The third-order valence-corrected chi connectivity index (χ3v) is 5.41. The number of carbonyl (C=O) groups is 1. The van der Waals surface area contributed by atoms with E-state index >= 15 is 0 Å². The van der Waals surface area contributed by atoms with Gasteiger partial charge in [-0.15, -0.1) is 0 Å². The average Bonchev–Trinajstić information content (AvgIpc) is 3.13. The molecule has 4 heteroatoms. The predicted octanol–water partition coefficient (Wildman–Crippen LogP) is 4.75. The molecular weight excluding hydrogens is 322 g/mol. The van der Waals surface area contributed by atoms with Crippen LogP contribution in [0, 0.1) is 17.8 Å². The Morgan fingerprint density at radius 2 is 1.73 bits per heavy atom. The van der Waals surface area contributed by atoms with Gasteiger partial charge in [0, 0.05) is 24.9 Å². The number of carbonyl (C=O) groups excluding carboxylic acids is 1. The van der Waals surface area contributed by atoms with E-state index < -0.39 is 0 Å². The largest absolute Gasteiger partial charge is 0.356 e. The number of hydrogen-bond acceptors (Lipinski definition) is 3. The van der Waals surface area contributed by atoms with Gasteiger partial charge in [-0.3, -0.25) is 9.78 Å². The topological polar surface area (TPSA) is 68.0 Å². The molecule has 150 valence electrons. The van der Waals surface area contributed by atoms with Crippen LogP contribution in [0.4, 0.5) is 0 Å². The monoisotopic (exact) mass is 363 g/mol. The minimum Gasteiger partial charge on any atom is -0.356 e. The molecule has 4 atom stereocenters. The highest BCUT2D eigenvalue weighted by atomic mass is 16.2. The summed E-state index contributed by atoms with van der Waals surface area (Å²) in [6.45, 7) is 14.7. The molecule has 1 fully saturated rings. The van der Waals surface area contributed by atoms with Crippen LogP contribution in [0.25, 0.3) is 0 Å². The van der Waals surface area contributed by atoms with E-state index in [0.29, 0.717) is 23.7 Å². The van der Waals surface area contributed by atoms with E-state index in [1.807, 2.05) is 12.4 Å². The maximum atomic E-state index is 11.1. The highest BCUT2D eigenvalue weighted by Gasteiger charge is 2.27. The minimum absolute atomic E-state index is 0.259. The summed E-state index contributed by atoms with van der Waals surface area (Å²) >= 11 is 0. The van der Waals surface area contributed by atoms with E-state index in [0.717, 1.165) is 25.9 Å². The summed E-state index contributed by atoms with van der Waals surface area (Å²) in [5, 5.41) is 2.85. The van der Waals surface area contributed by atoms with Crippen molar-refractivity contribution in [3.63, 3.8) is 0 Å². The smallest absolute Gasteiger partial charge is 0.223 e. The van der Waals surface area contributed by atoms with Crippen molar-refractivity contribution in [1.82, 2.24) is 10.3 Å². The Morgan fingerprint density at radius 1 is 1.12 bits per heavy atom. The van der Waals surface area contributed by atoms with E-state index in [9.17, 15) is 4.79 Å². The van der Waals surface area contributed by atoms with Crippen LogP contribution < -0.4 is 11.1 Å². The number of rotatable bonds is 6. The summed E-state index contributed by atoms with van der Waals surface area (Å²) in [5.74, 6) is 2.50. The van der Waals surface area contributed by atoms with Crippen molar-refractivity contribution >= 4 is 5.91 Å². The number of aromatic nitrogens is 1. The van der Waals surface area contributed by atoms with Crippen LogP contribution in [0.2, 0.25) is 0 Å². The van der Waals surface area contributed by atoms with Gasteiger partial charge in [0.2, 0.25) is 5.91 Å². The molecule has 2 rings (SSSR count). The highest BCUT2D eigenvalue weighted by Crippen LogP contribution is 2.21. The Kier molecular flexibility index (Phi) is 13.9. The van der Waals surface area contributed by atoms with Gasteiger partial charge in [0.15, 0.2) is 0 Å². The third-order valence-electron chi connectivity index (χ3n) is 5.41. The molecule has 0 spiro atoms. The summed E-state index contributed by atoms with van der Waals surface area (Å²) in [4.78, 5) is 15.0. The molecule has 1 amide bonds. The van der Waals surface area contributed by atoms with Crippen LogP contribution in [0.3, 0.4) is 0 Å².